The number of carboxylic acids is 1. The highest BCUT2D eigenvalue weighted by Gasteiger charge is 2.70. The zero-order chi connectivity index (χ0) is 32.9. The number of ether oxygens (including phenoxy) is 2. The Labute approximate surface area is 268 Å². The Morgan fingerprint density at radius 3 is 2.27 bits per heavy atom. The van der Waals surface area contributed by atoms with Gasteiger partial charge in [-0.1, -0.05) is 53.2 Å². The van der Waals surface area contributed by atoms with E-state index in [-0.39, 0.29) is 34.7 Å². The Balaban J connectivity index is 1.32. The van der Waals surface area contributed by atoms with E-state index in [0.29, 0.717) is 24.2 Å². The number of hydrogen-bond acceptors (Lipinski definition) is 8. The molecule has 0 spiro atoms. The van der Waals surface area contributed by atoms with Crippen molar-refractivity contribution in [2.75, 3.05) is 13.2 Å². The van der Waals surface area contributed by atoms with E-state index >= 15 is 0 Å². The fourth-order valence-corrected chi connectivity index (χ4v) is 12.4. The van der Waals surface area contributed by atoms with Crippen LogP contribution in [0.2, 0.25) is 0 Å². The minimum absolute atomic E-state index is 0.0191. The summed E-state index contributed by atoms with van der Waals surface area (Å²) in [5.74, 6) is 0.741. The lowest BCUT2D eigenvalue weighted by Gasteiger charge is -2.71. The molecule has 0 bridgehead atoms. The molecule has 0 radical (unpaired) electrons. The summed E-state index contributed by atoms with van der Waals surface area (Å²) in [6.45, 7) is 13.3. The minimum Gasteiger partial charge on any atom is -0.481 e. The van der Waals surface area contributed by atoms with Crippen LogP contribution in [0.4, 0.5) is 0 Å². The first-order chi connectivity index (χ1) is 21.1. The molecule has 256 valence electrons. The van der Waals surface area contributed by atoms with Gasteiger partial charge in [0.1, 0.15) is 24.4 Å². The average Bonchev–Trinajstić information content (AvgIpc) is 3.00. The van der Waals surface area contributed by atoms with Crippen molar-refractivity contribution in [2.24, 2.45) is 56.7 Å². The van der Waals surface area contributed by atoms with Gasteiger partial charge in [-0.15, -0.1) is 0 Å². The number of allylic oxidation sites excluding steroid dienone is 2. The average molecular weight is 635 g/mol. The second kappa shape index (κ2) is 11.2. The van der Waals surface area contributed by atoms with Gasteiger partial charge in [-0.05, 0) is 104 Å². The lowest BCUT2D eigenvalue weighted by atomic mass is 9.33. The highest BCUT2D eigenvalue weighted by atomic mass is 16.7. The van der Waals surface area contributed by atoms with Crippen LogP contribution in [0.25, 0.3) is 0 Å². The topological polar surface area (TPSA) is 157 Å². The van der Waals surface area contributed by atoms with E-state index in [2.05, 4.69) is 47.6 Å². The molecule has 16 atom stereocenters. The van der Waals surface area contributed by atoms with Gasteiger partial charge in [0.15, 0.2) is 6.29 Å². The maximum absolute atomic E-state index is 13.0. The lowest BCUT2D eigenvalue weighted by Crippen LogP contribution is -2.67. The second-order valence-electron chi connectivity index (χ2n) is 17.1. The lowest BCUT2D eigenvalue weighted by molar-refractivity contribution is -0.333. The zero-order valence-electron chi connectivity index (χ0n) is 28.1. The third kappa shape index (κ3) is 4.46. The van der Waals surface area contributed by atoms with Gasteiger partial charge >= 0.3 is 5.97 Å². The summed E-state index contributed by atoms with van der Waals surface area (Å²) in [5.41, 5.74) is -0.127. The van der Waals surface area contributed by atoms with Gasteiger partial charge in [0.25, 0.3) is 0 Å². The maximum atomic E-state index is 13.0. The molecule has 1 saturated heterocycles. The summed E-state index contributed by atoms with van der Waals surface area (Å²) >= 11 is 0. The smallest absolute Gasteiger partial charge is 0.310 e. The van der Waals surface area contributed by atoms with E-state index in [1.165, 1.54) is 5.57 Å². The Hall–Kier alpha value is -1.07. The van der Waals surface area contributed by atoms with Crippen molar-refractivity contribution >= 4 is 5.97 Å². The first-order valence-corrected chi connectivity index (χ1v) is 17.6. The summed E-state index contributed by atoms with van der Waals surface area (Å²) in [4.78, 5) is 13.0. The van der Waals surface area contributed by atoms with E-state index in [1.54, 1.807) is 0 Å². The second-order valence-corrected chi connectivity index (χ2v) is 17.1. The van der Waals surface area contributed by atoms with Gasteiger partial charge in [0.05, 0.1) is 24.7 Å². The van der Waals surface area contributed by atoms with E-state index in [4.69, 9.17) is 9.47 Å². The number of carbonyl (C=O) groups is 1. The highest BCUT2D eigenvalue weighted by Crippen LogP contribution is 2.76. The largest absolute Gasteiger partial charge is 0.481 e. The molecule has 0 aromatic carbocycles. The SMILES string of the molecule is C[C@H]1[C@H](C)CC[C@]2(C(=O)O)CC[C@]3(C)C(=CCC4[C@@]5(C)CC[C@H](O[C@@H]6O[C@H](CO)[C@@H](O)[C@H](O)[C@H]6O)[C@@](C)(CO)C5CC[C@]43C)[C@H]12. The predicted octanol–water partition coefficient (Wildman–Crippen LogP) is 3.89. The molecule has 45 heavy (non-hydrogen) atoms. The van der Waals surface area contributed by atoms with Crippen LogP contribution in [0, 0.1) is 56.7 Å². The molecule has 0 amide bonds. The molecule has 9 nitrogen and oxygen atoms in total. The molecule has 5 fully saturated rings. The van der Waals surface area contributed by atoms with Crippen LogP contribution in [0.15, 0.2) is 11.6 Å². The highest BCUT2D eigenvalue weighted by molar-refractivity contribution is 5.76. The molecule has 2 unspecified atom stereocenters. The van der Waals surface area contributed by atoms with Gasteiger partial charge in [-0.3, -0.25) is 4.79 Å². The summed E-state index contributed by atoms with van der Waals surface area (Å²) in [6, 6.07) is 0. The summed E-state index contributed by atoms with van der Waals surface area (Å²) in [6.07, 6.45) is 2.91. The van der Waals surface area contributed by atoms with E-state index < -0.39 is 60.2 Å². The predicted molar refractivity (Wildman–Crippen MR) is 167 cm³/mol. The molecule has 1 heterocycles. The zero-order valence-corrected chi connectivity index (χ0v) is 28.1. The number of rotatable bonds is 5. The number of aliphatic carboxylic acids is 1. The quantitative estimate of drug-likeness (QED) is 0.195. The van der Waals surface area contributed by atoms with Crippen molar-refractivity contribution in [1.82, 2.24) is 0 Å². The third-order valence-corrected chi connectivity index (χ3v) is 15.6. The minimum atomic E-state index is -1.51. The molecule has 0 aromatic rings. The van der Waals surface area contributed by atoms with Crippen LogP contribution in [0.5, 0.6) is 0 Å². The maximum Gasteiger partial charge on any atom is 0.310 e. The molecule has 0 aromatic heterocycles. The van der Waals surface area contributed by atoms with Crippen LogP contribution in [-0.2, 0) is 14.3 Å². The number of fused-ring (bicyclic) bond motifs is 7. The molecular weight excluding hydrogens is 576 g/mol. The molecule has 1 aliphatic heterocycles. The molecular formula is C36H58O9. The molecule has 4 saturated carbocycles. The Kier molecular flexibility index (Phi) is 8.45. The van der Waals surface area contributed by atoms with Crippen molar-refractivity contribution in [3.63, 3.8) is 0 Å². The monoisotopic (exact) mass is 634 g/mol. The van der Waals surface area contributed by atoms with Crippen LogP contribution in [0.1, 0.15) is 99.3 Å². The normalized spacial score (nSPS) is 56.2. The van der Waals surface area contributed by atoms with E-state index in [1.807, 2.05) is 0 Å². The van der Waals surface area contributed by atoms with Gasteiger partial charge in [-0.25, -0.2) is 0 Å². The molecule has 6 aliphatic rings. The molecule has 6 rings (SSSR count). The fraction of sp³-hybridized carbons (Fsp3) is 0.917. The Bertz CT molecular complexity index is 1190. The Morgan fingerprint density at radius 2 is 1.62 bits per heavy atom. The fourth-order valence-electron chi connectivity index (χ4n) is 12.4. The van der Waals surface area contributed by atoms with Crippen LogP contribution in [0.3, 0.4) is 0 Å². The third-order valence-electron chi connectivity index (χ3n) is 15.6. The van der Waals surface area contributed by atoms with Crippen molar-refractivity contribution in [3.05, 3.63) is 11.6 Å². The first-order valence-electron chi connectivity index (χ1n) is 17.6. The molecule has 5 aliphatic carbocycles. The number of carboxylic acid groups (broad SMARTS) is 1. The van der Waals surface area contributed by atoms with Crippen molar-refractivity contribution < 1.29 is 44.9 Å². The van der Waals surface area contributed by atoms with Gasteiger partial charge in [0.2, 0.25) is 0 Å². The summed E-state index contributed by atoms with van der Waals surface area (Å²) in [5, 5.41) is 62.8. The van der Waals surface area contributed by atoms with Crippen molar-refractivity contribution in [2.45, 2.75) is 136 Å². The Morgan fingerprint density at radius 1 is 0.911 bits per heavy atom. The summed E-state index contributed by atoms with van der Waals surface area (Å²) < 4.78 is 12.1. The van der Waals surface area contributed by atoms with E-state index in [9.17, 15) is 35.4 Å². The van der Waals surface area contributed by atoms with Crippen LogP contribution >= 0.6 is 0 Å². The van der Waals surface area contributed by atoms with Crippen LogP contribution in [-0.4, -0.2) is 86.6 Å². The number of aliphatic hydroxyl groups is 5. The number of aliphatic hydroxyl groups excluding tert-OH is 5. The van der Waals surface area contributed by atoms with Crippen molar-refractivity contribution in [1.29, 1.82) is 0 Å². The number of hydrogen-bond donors (Lipinski definition) is 6. The summed E-state index contributed by atoms with van der Waals surface area (Å²) in [7, 11) is 0. The molecule has 9 heteroatoms. The van der Waals surface area contributed by atoms with Gasteiger partial charge in [0, 0.05) is 5.41 Å². The van der Waals surface area contributed by atoms with E-state index in [0.717, 1.165) is 51.4 Å². The van der Waals surface area contributed by atoms with Crippen molar-refractivity contribution in [3.8, 4) is 0 Å². The van der Waals surface area contributed by atoms with Gasteiger partial charge < -0.3 is 40.1 Å². The standard InChI is InChI=1S/C36H58O9/c1-19-9-14-36(31(42)43)16-15-34(5)21(26(36)20(19)2)7-8-24-32(3)12-11-25(33(4,18-38)23(32)10-13-35(24,34)6)45-30-29(41)28(40)27(39)22(17-37)44-30/h7,19-20,22-30,37-41H,8-18H2,1-6H3,(H,42,43)/t19-,20+,22-,23?,24?,25+,26+,27-,28+,29-,30+,32+,33+,34-,35-,36+/m1/s1. The van der Waals surface area contributed by atoms with Crippen LogP contribution < -0.4 is 0 Å². The molecule has 6 N–H and O–H groups in total. The first kappa shape index (κ1) is 33.8. The van der Waals surface area contributed by atoms with Gasteiger partial charge in [-0.2, -0.15) is 0 Å².